The third-order valence-corrected chi connectivity index (χ3v) is 4.30. The van der Waals surface area contributed by atoms with Gasteiger partial charge in [-0.3, -0.25) is 4.79 Å². The average Bonchev–Trinajstić information content (AvgIpc) is 2.82. The molecule has 2 heterocycles. The molecule has 1 aromatic heterocycles. The van der Waals surface area contributed by atoms with Crippen LogP contribution in [0.3, 0.4) is 0 Å². The maximum atomic E-state index is 12.9. The van der Waals surface area contributed by atoms with Crippen molar-refractivity contribution in [1.82, 2.24) is 20.1 Å². The van der Waals surface area contributed by atoms with E-state index in [9.17, 15) is 9.59 Å². The van der Waals surface area contributed by atoms with Crippen molar-refractivity contribution in [3.05, 3.63) is 36.0 Å². The van der Waals surface area contributed by atoms with Gasteiger partial charge in [-0.05, 0) is 26.3 Å². The summed E-state index contributed by atoms with van der Waals surface area (Å²) in [5.74, 6) is 0.0265. The number of urea groups is 1. The first-order valence-corrected chi connectivity index (χ1v) is 8.47. The van der Waals surface area contributed by atoms with Crippen molar-refractivity contribution < 1.29 is 9.59 Å². The third kappa shape index (κ3) is 3.37. The Balaban J connectivity index is 1.70. The fraction of sp³-hybridized carbons (Fsp3) is 0.444. The van der Waals surface area contributed by atoms with Gasteiger partial charge in [0.05, 0.1) is 5.56 Å². The number of hydrogen-bond acceptors (Lipinski definition) is 2. The summed E-state index contributed by atoms with van der Waals surface area (Å²) in [5, 5.41) is 3.86. The van der Waals surface area contributed by atoms with Gasteiger partial charge in [-0.15, -0.1) is 0 Å². The van der Waals surface area contributed by atoms with Crippen LogP contribution in [0.15, 0.2) is 30.5 Å². The Kier molecular flexibility index (Phi) is 4.74. The van der Waals surface area contributed by atoms with Crippen LogP contribution in [0, 0.1) is 0 Å². The van der Waals surface area contributed by atoms with E-state index in [1.807, 2.05) is 43.0 Å². The number of rotatable bonds is 2. The lowest BCUT2D eigenvalue weighted by atomic mass is 10.1. The number of amides is 3. The molecule has 6 nitrogen and oxygen atoms in total. The zero-order valence-corrected chi connectivity index (χ0v) is 14.2. The summed E-state index contributed by atoms with van der Waals surface area (Å²) in [5.41, 5.74) is 1.67. The number of nitrogens with one attached hydrogen (secondary N) is 2. The van der Waals surface area contributed by atoms with Crippen LogP contribution in [0.25, 0.3) is 10.9 Å². The lowest BCUT2D eigenvalue weighted by Gasteiger charge is -2.23. The Hall–Kier alpha value is -2.50. The number of fused-ring (bicyclic) bond motifs is 1. The highest BCUT2D eigenvalue weighted by Gasteiger charge is 2.24. The van der Waals surface area contributed by atoms with Crippen molar-refractivity contribution in [3.8, 4) is 0 Å². The highest BCUT2D eigenvalue weighted by atomic mass is 16.2. The molecule has 3 rings (SSSR count). The van der Waals surface area contributed by atoms with Gasteiger partial charge in [-0.1, -0.05) is 18.2 Å². The van der Waals surface area contributed by atoms with Gasteiger partial charge in [0, 0.05) is 49.3 Å². The number of aromatic nitrogens is 1. The van der Waals surface area contributed by atoms with Crippen LogP contribution >= 0.6 is 0 Å². The number of carbonyl (C=O) groups excluding carboxylic acids is 2. The quantitative estimate of drug-likeness (QED) is 0.889. The van der Waals surface area contributed by atoms with Crippen LogP contribution in [0.4, 0.5) is 4.79 Å². The van der Waals surface area contributed by atoms with Crippen LogP contribution in [0.2, 0.25) is 0 Å². The highest BCUT2D eigenvalue weighted by Crippen LogP contribution is 2.20. The summed E-state index contributed by atoms with van der Waals surface area (Å²) in [7, 11) is 0. The molecule has 1 aliphatic rings. The molecule has 1 aromatic carbocycles. The number of hydrogen-bond donors (Lipinski definition) is 2. The topological polar surface area (TPSA) is 68.4 Å². The molecule has 0 unspecified atom stereocenters. The van der Waals surface area contributed by atoms with Crippen LogP contribution in [0.1, 0.15) is 30.6 Å². The summed E-state index contributed by atoms with van der Waals surface area (Å²) >= 11 is 0. The summed E-state index contributed by atoms with van der Waals surface area (Å²) < 4.78 is 0. The average molecular weight is 328 g/mol. The van der Waals surface area contributed by atoms with E-state index >= 15 is 0 Å². The molecule has 0 radical (unpaired) electrons. The molecule has 0 atom stereocenters. The smallest absolute Gasteiger partial charge is 0.317 e. The molecule has 1 fully saturated rings. The molecule has 24 heavy (non-hydrogen) atoms. The number of para-hydroxylation sites is 1. The third-order valence-electron chi connectivity index (χ3n) is 4.30. The van der Waals surface area contributed by atoms with E-state index in [0.717, 1.165) is 17.3 Å². The minimum atomic E-state index is -0.0496. The summed E-state index contributed by atoms with van der Waals surface area (Å²) in [4.78, 5) is 31.8. The van der Waals surface area contributed by atoms with Crippen molar-refractivity contribution in [2.45, 2.75) is 26.3 Å². The normalized spacial score (nSPS) is 15.6. The van der Waals surface area contributed by atoms with Crippen LogP contribution < -0.4 is 5.32 Å². The lowest BCUT2D eigenvalue weighted by Crippen LogP contribution is -2.44. The molecule has 0 bridgehead atoms. The molecule has 0 aliphatic carbocycles. The van der Waals surface area contributed by atoms with Gasteiger partial charge in [-0.25, -0.2) is 4.79 Å². The van der Waals surface area contributed by atoms with E-state index in [1.165, 1.54) is 0 Å². The minimum absolute atomic E-state index is 0.0265. The number of nitrogens with zero attached hydrogens (tertiary/aromatic N) is 2. The largest absolute Gasteiger partial charge is 0.360 e. The Bertz CT molecular complexity index is 737. The molecular formula is C18H24N4O2. The summed E-state index contributed by atoms with van der Waals surface area (Å²) in [6, 6.07) is 7.87. The maximum absolute atomic E-state index is 12.9. The number of benzene rings is 1. The predicted molar refractivity (Wildman–Crippen MR) is 94.1 cm³/mol. The standard InChI is InChI=1S/C18H24N4O2/c1-13(2)20-18(24)22-9-5-8-21(10-11-22)17(23)15-12-19-16-7-4-3-6-14(15)16/h3-4,6-7,12-13,19H,5,8-11H2,1-2H3,(H,20,24). The van der Waals surface area contributed by atoms with E-state index in [4.69, 9.17) is 0 Å². The molecular weight excluding hydrogens is 304 g/mol. The molecule has 1 aliphatic heterocycles. The first-order valence-electron chi connectivity index (χ1n) is 8.47. The zero-order valence-electron chi connectivity index (χ0n) is 14.2. The maximum Gasteiger partial charge on any atom is 0.317 e. The van der Waals surface area contributed by atoms with Crippen molar-refractivity contribution in [3.63, 3.8) is 0 Å². The SMILES string of the molecule is CC(C)NC(=O)N1CCCN(C(=O)c2c[nH]c3ccccc23)CC1. The zero-order chi connectivity index (χ0) is 17.1. The van der Waals surface area contributed by atoms with Crippen molar-refractivity contribution in [2.75, 3.05) is 26.2 Å². The van der Waals surface area contributed by atoms with Gasteiger partial charge in [0.25, 0.3) is 5.91 Å². The number of carbonyl (C=O) groups is 2. The Morgan fingerprint density at radius 1 is 1.08 bits per heavy atom. The Morgan fingerprint density at radius 3 is 2.58 bits per heavy atom. The van der Waals surface area contributed by atoms with Gasteiger partial charge >= 0.3 is 6.03 Å². The van der Waals surface area contributed by atoms with Gasteiger partial charge in [0.1, 0.15) is 0 Å². The van der Waals surface area contributed by atoms with Gasteiger partial charge in [0.2, 0.25) is 0 Å². The van der Waals surface area contributed by atoms with Gasteiger partial charge in [-0.2, -0.15) is 0 Å². The van der Waals surface area contributed by atoms with Gasteiger partial charge in [0.15, 0.2) is 0 Å². The Labute approximate surface area is 141 Å². The van der Waals surface area contributed by atoms with E-state index in [1.54, 1.807) is 11.1 Å². The first-order chi connectivity index (χ1) is 11.6. The predicted octanol–water partition coefficient (Wildman–Crippen LogP) is 2.43. The molecule has 2 aromatic rings. The first kappa shape index (κ1) is 16.4. The fourth-order valence-electron chi connectivity index (χ4n) is 3.08. The van der Waals surface area contributed by atoms with E-state index < -0.39 is 0 Å². The highest BCUT2D eigenvalue weighted by molar-refractivity contribution is 6.06. The number of H-pyrrole nitrogens is 1. The fourth-order valence-corrected chi connectivity index (χ4v) is 3.08. The molecule has 6 heteroatoms. The second-order valence-corrected chi connectivity index (χ2v) is 6.48. The van der Waals surface area contributed by atoms with E-state index in [0.29, 0.717) is 31.7 Å². The minimum Gasteiger partial charge on any atom is -0.360 e. The van der Waals surface area contributed by atoms with E-state index in [2.05, 4.69) is 10.3 Å². The monoisotopic (exact) mass is 328 g/mol. The molecule has 2 N–H and O–H groups in total. The van der Waals surface area contributed by atoms with Crippen molar-refractivity contribution >= 4 is 22.8 Å². The molecule has 3 amide bonds. The van der Waals surface area contributed by atoms with Crippen molar-refractivity contribution in [1.29, 1.82) is 0 Å². The second-order valence-electron chi connectivity index (χ2n) is 6.48. The van der Waals surface area contributed by atoms with Gasteiger partial charge < -0.3 is 20.1 Å². The number of aromatic amines is 1. The van der Waals surface area contributed by atoms with Crippen LogP contribution in [-0.4, -0.2) is 58.9 Å². The Morgan fingerprint density at radius 2 is 1.79 bits per heavy atom. The molecule has 0 spiro atoms. The van der Waals surface area contributed by atoms with Crippen molar-refractivity contribution in [2.24, 2.45) is 0 Å². The molecule has 0 saturated carbocycles. The summed E-state index contributed by atoms with van der Waals surface area (Å²) in [6.45, 7) is 6.36. The van der Waals surface area contributed by atoms with Crippen LogP contribution in [-0.2, 0) is 0 Å². The lowest BCUT2D eigenvalue weighted by molar-refractivity contribution is 0.0764. The second kappa shape index (κ2) is 6.95. The summed E-state index contributed by atoms with van der Waals surface area (Å²) in [6.07, 6.45) is 2.57. The molecule has 128 valence electrons. The van der Waals surface area contributed by atoms with E-state index in [-0.39, 0.29) is 18.0 Å². The molecule has 1 saturated heterocycles. The van der Waals surface area contributed by atoms with Crippen LogP contribution in [0.5, 0.6) is 0 Å².